The fourth-order valence-electron chi connectivity index (χ4n) is 5.76. The molecule has 5 rings (SSSR count). The highest BCUT2D eigenvalue weighted by Crippen LogP contribution is 2.62. The molecule has 0 aromatic heterocycles. The second-order valence-corrected chi connectivity index (χ2v) is 8.46. The first kappa shape index (κ1) is 19.7. The number of hydrogen-bond acceptors (Lipinski definition) is 4. The molecule has 2 aromatic carbocycles. The molecule has 1 heterocycles. The summed E-state index contributed by atoms with van der Waals surface area (Å²) in [5, 5.41) is 10.9. The van der Waals surface area contributed by atoms with Crippen molar-refractivity contribution in [2.75, 3.05) is 4.90 Å². The minimum Gasteiger partial charge on any atom is -0.274 e. The summed E-state index contributed by atoms with van der Waals surface area (Å²) in [7, 11) is 0. The maximum Gasteiger partial charge on any atom is 0.416 e. The number of rotatable bonds is 3. The molecular formula is C22H17F3N2O4. The summed E-state index contributed by atoms with van der Waals surface area (Å²) >= 11 is 0. The number of anilines is 1. The number of benzene rings is 2. The lowest BCUT2D eigenvalue weighted by Crippen LogP contribution is -2.33. The van der Waals surface area contributed by atoms with E-state index in [9.17, 15) is 32.9 Å². The van der Waals surface area contributed by atoms with Crippen LogP contribution in [0.2, 0.25) is 0 Å². The smallest absolute Gasteiger partial charge is 0.274 e. The Morgan fingerprint density at radius 1 is 0.968 bits per heavy atom. The van der Waals surface area contributed by atoms with Crippen LogP contribution >= 0.6 is 0 Å². The van der Waals surface area contributed by atoms with E-state index >= 15 is 0 Å². The second kappa shape index (κ2) is 6.63. The van der Waals surface area contributed by atoms with E-state index in [0.29, 0.717) is 12.8 Å². The molecule has 3 fully saturated rings. The van der Waals surface area contributed by atoms with E-state index in [-0.39, 0.29) is 29.1 Å². The Hall–Kier alpha value is -3.23. The number of imide groups is 1. The lowest BCUT2D eigenvalue weighted by molar-refractivity contribution is -0.384. The third-order valence-electron chi connectivity index (χ3n) is 6.98. The van der Waals surface area contributed by atoms with Crippen LogP contribution in [0.1, 0.15) is 29.9 Å². The number of nitro benzene ring substituents is 1. The van der Waals surface area contributed by atoms with Crippen molar-refractivity contribution >= 4 is 23.2 Å². The summed E-state index contributed by atoms with van der Waals surface area (Å²) in [4.78, 5) is 37.6. The van der Waals surface area contributed by atoms with E-state index in [4.69, 9.17) is 0 Å². The number of alkyl halides is 3. The van der Waals surface area contributed by atoms with Gasteiger partial charge in [-0.15, -0.1) is 0 Å². The standard InChI is InChI=1S/C22H17F3N2O4/c23-22(24,25)13-2-1-3-15(10-13)26-20(28)18-12-8-16(17(9-12)19(18)21(26)29)11-4-6-14(7-5-11)27(30)31/h1-7,10,12,16-19H,8-9H2/t12?,16-,17?,18+,19-/m1/s1. The van der Waals surface area contributed by atoms with Gasteiger partial charge < -0.3 is 0 Å². The van der Waals surface area contributed by atoms with Gasteiger partial charge in [0.15, 0.2) is 0 Å². The van der Waals surface area contributed by atoms with Crippen molar-refractivity contribution in [2.45, 2.75) is 24.9 Å². The van der Waals surface area contributed by atoms with Crippen LogP contribution in [-0.4, -0.2) is 16.7 Å². The maximum atomic E-state index is 13.2. The van der Waals surface area contributed by atoms with Crippen LogP contribution < -0.4 is 4.90 Å². The quantitative estimate of drug-likeness (QED) is 0.407. The number of halogens is 3. The van der Waals surface area contributed by atoms with Gasteiger partial charge in [0, 0.05) is 12.1 Å². The molecule has 2 aliphatic carbocycles. The van der Waals surface area contributed by atoms with Gasteiger partial charge in [-0.1, -0.05) is 18.2 Å². The van der Waals surface area contributed by atoms with Crippen molar-refractivity contribution in [3.8, 4) is 0 Å². The molecule has 0 spiro atoms. The molecule has 5 atom stereocenters. The fraction of sp³-hybridized carbons (Fsp3) is 0.364. The predicted octanol–water partition coefficient (Wildman–Crippen LogP) is 4.54. The first-order valence-corrected chi connectivity index (χ1v) is 9.96. The van der Waals surface area contributed by atoms with E-state index in [0.717, 1.165) is 22.6 Å². The molecule has 0 radical (unpaired) electrons. The number of amides is 2. The van der Waals surface area contributed by atoms with Gasteiger partial charge in [-0.05, 0) is 54.4 Å². The topological polar surface area (TPSA) is 80.5 Å². The fourth-order valence-corrected chi connectivity index (χ4v) is 5.76. The van der Waals surface area contributed by atoms with Gasteiger partial charge in [0.25, 0.3) is 5.69 Å². The Labute approximate surface area is 174 Å². The number of fused-ring (bicyclic) bond motifs is 5. The number of non-ortho nitro benzene ring substituents is 1. The SMILES string of the molecule is O=C1[C@@H]2C3CC(C[C@@H]3c3ccc([N+](=O)[O-])cc3)[C@@H]2C(=O)N1c1cccc(C(F)(F)F)c1. The highest BCUT2D eigenvalue weighted by molar-refractivity contribution is 6.22. The highest BCUT2D eigenvalue weighted by Gasteiger charge is 2.64. The molecule has 6 nitrogen and oxygen atoms in total. The van der Waals surface area contributed by atoms with Crippen LogP contribution in [-0.2, 0) is 15.8 Å². The molecule has 1 saturated heterocycles. The third-order valence-corrected chi connectivity index (χ3v) is 6.98. The summed E-state index contributed by atoms with van der Waals surface area (Å²) in [6, 6.07) is 10.5. The molecule has 2 aromatic rings. The van der Waals surface area contributed by atoms with Crippen LogP contribution in [0.3, 0.4) is 0 Å². The van der Waals surface area contributed by atoms with Crippen LogP contribution in [0.15, 0.2) is 48.5 Å². The number of carbonyl (C=O) groups is 2. The van der Waals surface area contributed by atoms with Gasteiger partial charge in [0.2, 0.25) is 11.8 Å². The van der Waals surface area contributed by atoms with Crippen molar-refractivity contribution in [3.63, 3.8) is 0 Å². The van der Waals surface area contributed by atoms with Gasteiger partial charge in [-0.25, -0.2) is 0 Å². The predicted molar refractivity (Wildman–Crippen MR) is 103 cm³/mol. The second-order valence-electron chi connectivity index (χ2n) is 8.46. The number of carbonyl (C=O) groups excluding carboxylic acids is 2. The van der Waals surface area contributed by atoms with Gasteiger partial charge in [-0.2, -0.15) is 13.2 Å². The zero-order chi connectivity index (χ0) is 22.1. The van der Waals surface area contributed by atoms with Crippen molar-refractivity contribution in [1.29, 1.82) is 0 Å². The third kappa shape index (κ3) is 2.94. The lowest BCUT2D eigenvalue weighted by Gasteiger charge is -2.28. The van der Waals surface area contributed by atoms with E-state index in [1.165, 1.54) is 24.3 Å². The average molecular weight is 430 g/mol. The average Bonchev–Trinajstić information content (AvgIpc) is 3.39. The summed E-state index contributed by atoms with van der Waals surface area (Å²) in [6.45, 7) is 0. The first-order valence-electron chi connectivity index (χ1n) is 9.96. The highest BCUT2D eigenvalue weighted by atomic mass is 19.4. The Kier molecular flexibility index (Phi) is 4.22. The number of nitro groups is 1. The normalized spacial score (nSPS) is 29.5. The summed E-state index contributed by atoms with van der Waals surface area (Å²) in [5.41, 5.74) is -0.0955. The van der Waals surface area contributed by atoms with Gasteiger partial charge in [-0.3, -0.25) is 24.6 Å². The molecule has 3 aliphatic rings. The van der Waals surface area contributed by atoms with E-state index in [2.05, 4.69) is 0 Å². The van der Waals surface area contributed by atoms with Gasteiger partial charge >= 0.3 is 6.18 Å². The van der Waals surface area contributed by atoms with Gasteiger partial charge in [0.1, 0.15) is 0 Å². The zero-order valence-electron chi connectivity index (χ0n) is 16.1. The molecule has 0 N–H and O–H groups in total. The van der Waals surface area contributed by atoms with Crippen molar-refractivity contribution in [1.82, 2.24) is 0 Å². The Bertz CT molecular complexity index is 1100. The molecule has 2 saturated carbocycles. The number of hydrogen-bond donors (Lipinski definition) is 0. The maximum absolute atomic E-state index is 13.2. The molecule has 1 aliphatic heterocycles. The summed E-state index contributed by atoms with van der Waals surface area (Å²) < 4.78 is 39.3. The van der Waals surface area contributed by atoms with Crippen LogP contribution in [0.4, 0.5) is 24.5 Å². The van der Waals surface area contributed by atoms with Crippen molar-refractivity contribution in [2.24, 2.45) is 23.7 Å². The van der Waals surface area contributed by atoms with Crippen LogP contribution in [0.25, 0.3) is 0 Å². The molecule has 2 bridgehead atoms. The minimum absolute atomic E-state index is 0.00902. The van der Waals surface area contributed by atoms with Crippen molar-refractivity contribution < 1.29 is 27.7 Å². The van der Waals surface area contributed by atoms with E-state index in [1.54, 1.807) is 12.1 Å². The molecule has 160 valence electrons. The van der Waals surface area contributed by atoms with Crippen LogP contribution in [0.5, 0.6) is 0 Å². The summed E-state index contributed by atoms with van der Waals surface area (Å²) in [6.07, 6.45) is -3.19. The Morgan fingerprint density at radius 3 is 2.29 bits per heavy atom. The first-order chi connectivity index (χ1) is 14.7. The zero-order valence-corrected chi connectivity index (χ0v) is 16.1. The Morgan fingerprint density at radius 2 is 1.65 bits per heavy atom. The monoisotopic (exact) mass is 430 g/mol. The number of nitrogens with zero attached hydrogens (tertiary/aromatic N) is 2. The van der Waals surface area contributed by atoms with Gasteiger partial charge in [0.05, 0.1) is 28.0 Å². The molecular weight excluding hydrogens is 413 g/mol. The molecule has 2 amide bonds. The lowest BCUT2D eigenvalue weighted by atomic mass is 9.73. The minimum atomic E-state index is -4.57. The molecule has 9 heteroatoms. The largest absolute Gasteiger partial charge is 0.416 e. The van der Waals surface area contributed by atoms with E-state index < -0.39 is 40.3 Å². The Balaban J connectivity index is 1.44. The van der Waals surface area contributed by atoms with E-state index in [1.807, 2.05) is 0 Å². The van der Waals surface area contributed by atoms with Crippen LogP contribution in [0, 0.1) is 33.8 Å². The molecule has 2 unspecified atom stereocenters. The summed E-state index contributed by atoms with van der Waals surface area (Å²) in [5.74, 6) is -2.10. The van der Waals surface area contributed by atoms with Crippen molar-refractivity contribution in [3.05, 3.63) is 69.8 Å². The molecule has 31 heavy (non-hydrogen) atoms.